The highest BCUT2D eigenvalue weighted by molar-refractivity contribution is 7.98. The summed E-state index contributed by atoms with van der Waals surface area (Å²) in [5.74, 6) is 2.32. The normalized spacial score (nSPS) is 20.3. The molecular weight excluding hydrogens is 250 g/mol. The van der Waals surface area contributed by atoms with Gasteiger partial charge in [0.05, 0.1) is 5.39 Å². The summed E-state index contributed by atoms with van der Waals surface area (Å²) in [6.07, 6.45) is 6.44. The van der Waals surface area contributed by atoms with E-state index in [-0.39, 0.29) is 0 Å². The van der Waals surface area contributed by atoms with Crippen LogP contribution in [0.3, 0.4) is 0 Å². The molecule has 5 heteroatoms. The maximum absolute atomic E-state index is 4.51. The van der Waals surface area contributed by atoms with Crippen molar-refractivity contribution >= 4 is 39.1 Å². The van der Waals surface area contributed by atoms with Crippen LogP contribution < -0.4 is 4.90 Å². The summed E-state index contributed by atoms with van der Waals surface area (Å²) in [5.41, 5.74) is 0. The van der Waals surface area contributed by atoms with Crippen molar-refractivity contribution in [3.05, 3.63) is 17.8 Å². The van der Waals surface area contributed by atoms with Gasteiger partial charge >= 0.3 is 0 Å². The van der Waals surface area contributed by atoms with Crippen molar-refractivity contribution in [1.82, 2.24) is 9.97 Å². The van der Waals surface area contributed by atoms with Gasteiger partial charge < -0.3 is 4.90 Å². The molecule has 0 amide bonds. The molecule has 0 bridgehead atoms. The van der Waals surface area contributed by atoms with Gasteiger partial charge in [-0.1, -0.05) is 0 Å². The van der Waals surface area contributed by atoms with Crippen molar-refractivity contribution in [2.24, 2.45) is 0 Å². The Hall–Kier alpha value is -0.810. The average molecular weight is 265 g/mol. The van der Waals surface area contributed by atoms with Gasteiger partial charge in [-0.3, -0.25) is 0 Å². The first-order chi connectivity index (χ1) is 8.40. The van der Waals surface area contributed by atoms with E-state index in [0.717, 1.165) is 17.2 Å². The van der Waals surface area contributed by atoms with Crippen molar-refractivity contribution in [2.45, 2.75) is 18.9 Å². The second kappa shape index (κ2) is 4.82. The Morgan fingerprint density at radius 2 is 2.47 bits per heavy atom. The lowest BCUT2D eigenvalue weighted by Crippen LogP contribution is -2.31. The highest BCUT2D eigenvalue weighted by atomic mass is 32.2. The minimum Gasteiger partial charge on any atom is -0.352 e. The van der Waals surface area contributed by atoms with Crippen LogP contribution in [-0.2, 0) is 0 Å². The fraction of sp³-hybridized carbons (Fsp3) is 0.500. The molecule has 90 valence electrons. The molecule has 0 aromatic carbocycles. The van der Waals surface area contributed by atoms with Crippen molar-refractivity contribution in [1.29, 1.82) is 0 Å². The van der Waals surface area contributed by atoms with Crippen molar-refractivity contribution in [2.75, 3.05) is 23.5 Å². The number of thioether (sulfide) groups is 1. The summed E-state index contributed by atoms with van der Waals surface area (Å²) in [7, 11) is 0. The molecule has 17 heavy (non-hydrogen) atoms. The van der Waals surface area contributed by atoms with Gasteiger partial charge in [0.2, 0.25) is 0 Å². The van der Waals surface area contributed by atoms with E-state index in [4.69, 9.17) is 0 Å². The first kappa shape index (κ1) is 11.3. The molecule has 3 nitrogen and oxygen atoms in total. The van der Waals surface area contributed by atoms with Crippen molar-refractivity contribution < 1.29 is 0 Å². The summed E-state index contributed by atoms with van der Waals surface area (Å²) in [5, 5.41) is 3.31. The van der Waals surface area contributed by atoms with Crippen LogP contribution in [0, 0.1) is 0 Å². The van der Waals surface area contributed by atoms with E-state index in [0.29, 0.717) is 6.04 Å². The summed E-state index contributed by atoms with van der Waals surface area (Å²) >= 11 is 3.61. The maximum Gasteiger partial charge on any atom is 0.141 e. The quantitative estimate of drug-likeness (QED) is 0.853. The molecule has 3 rings (SSSR count). The third-order valence-electron chi connectivity index (χ3n) is 3.25. The summed E-state index contributed by atoms with van der Waals surface area (Å²) < 4.78 is 0. The van der Waals surface area contributed by atoms with Gasteiger partial charge in [0.25, 0.3) is 0 Å². The van der Waals surface area contributed by atoms with E-state index in [1.54, 1.807) is 17.7 Å². The zero-order valence-electron chi connectivity index (χ0n) is 9.80. The van der Waals surface area contributed by atoms with Crippen LogP contribution >= 0.6 is 23.1 Å². The largest absolute Gasteiger partial charge is 0.352 e. The Bertz CT molecular complexity index is 511. The fourth-order valence-electron chi connectivity index (χ4n) is 2.49. The van der Waals surface area contributed by atoms with Gasteiger partial charge in [-0.25, -0.2) is 9.97 Å². The monoisotopic (exact) mass is 265 g/mol. The number of fused-ring (bicyclic) bond motifs is 1. The van der Waals surface area contributed by atoms with Gasteiger partial charge in [0, 0.05) is 18.3 Å². The Morgan fingerprint density at radius 3 is 3.35 bits per heavy atom. The lowest BCUT2D eigenvalue weighted by atomic mass is 10.2. The average Bonchev–Trinajstić information content (AvgIpc) is 2.96. The SMILES string of the molecule is CSCC1CCCN1c1ncnc2sccc12. The van der Waals surface area contributed by atoms with E-state index < -0.39 is 0 Å². The molecule has 0 N–H and O–H groups in total. The zero-order chi connectivity index (χ0) is 11.7. The maximum atomic E-state index is 4.51. The van der Waals surface area contributed by atoms with Crippen LogP contribution in [-0.4, -0.2) is 34.6 Å². The molecule has 2 aromatic rings. The predicted molar refractivity (Wildman–Crippen MR) is 76.2 cm³/mol. The van der Waals surface area contributed by atoms with Gasteiger partial charge in [-0.15, -0.1) is 11.3 Å². The van der Waals surface area contributed by atoms with E-state index in [2.05, 4.69) is 32.6 Å². The molecular formula is C12H15N3S2. The van der Waals surface area contributed by atoms with Crippen molar-refractivity contribution in [3.8, 4) is 0 Å². The standard InChI is InChI=1S/C12H15N3S2/c1-16-7-9-3-2-5-15(9)11-10-4-6-17-12(10)14-8-13-11/h4,6,8-9H,2-3,5,7H2,1H3. The Morgan fingerprint density at radius 1 is 1.53 bits per heavy atom. The number of rotatable bonds is 3. The second-order valence-electron chi connectivity index (χ2n) is 4.28. The number of aromatic nitrogens is 2. The van der Waals surface area contributed by atoms with E-state index in [9.17, 15) is 0 Å². The first-order valence-corrected chi connectivity index (χ1v) is 8.11. The van der Waals surface area contributed by atoms with Crippen LogP contribution in [0.4, 0.5) is 5.82 Å². The van der Waals surface area contributed by atoms with Crippen LogP contribution in [0.1, 0.15) is 12.8 Å². The van der Waals surface area contributed by atoms with Crippen LogP contribution in [0.5, 0.6) is 0 Å². The highest BCUT2D eigenvalue weighted by Crippen LogP contribution is 2.32. The number of anilines is 1. The molecule has 1 atom stereocenters. The highest BCUT2D eigenvalue weighted by Gasteiger charge is 2.26. The first-order valence-electron chi connectivity index (χ1n) is 5.84. The fourth-order valence-corrected chi connectivity index (χ4v) is 3.94. The molecule has 0 radical (unpaired) electrons. The molecule has 2 aromatic heterocycles. The van der Waals surface area contributed by atoms with E-state index >= 15 is 0 Å². The van der Waals surface area contributed by atoms with Gasteiger partial charge in [-0.05, 0) is 30.5 Å². The molecule has 0 spiro atoms. The predicted octanol–water partition coefficient (Wildman–Crippen LogP) is 3.02. The summed E-state index contributed by atoms with van der Waals surface area (Å²) in [6, 6.07) is 2.78. The van der Waals surface area contributed by atoms with E-state index in [1.807, 2.05) is 11.8 Å². The summed E-state index contributed by atoms with van der Waals surface area (Å²) in [4.78, 5) is 12.4. The van der Waals surface area contributed by atoms with Gasteiger partial charge in [0.1, 0.15) is 17.0 Å². The number of hydrogen-bond donors (Lipinski definition) is 0. The third kappa shape index (κ3) is 2.02. The van der Waals surface area contributed by atoms with Gasteiger partial charge in [-0.2, -0.15) is 11.8 Å². The number of hydrogen-bond acceptors (Lipinski definition) is 5. The smallest absolute Gasteiger partial charge is 0.141 e. The molecule has 0 saturated carbocycles. The van der Waals surface area contributed by atoms with Gasteiger partial charge in [0.15, 0.2) is 0 Å². The number of thiophene rings is 1. The molecule has 1 aliphatic rings. The molecule has 1 saturated heterocycles. The lowest BCUT2D eigenvalue weighted by molar-refractivity contribution is 0.739. The van der Waals surface area contributed by atoms with E-state index in [1.165, 1.54) is 24.0 Å². The minimum atomic E-state index is 0.642. The Labute approximate surface area is 109 Å². The molecule has 1 aliphatic heterocycles. The van der Waals surface area contributed by atoms with Crippen molar-refractivity contribution in [3.63, 3.8) is 0 Å². The number of nitrogens with zero attached hydrogens (tertiary/aromatic N) is 3. The molecule has 0 aliphatic carbocycles. The lowest BCUT2D eigenvalue weighted by Gasteiger charge is -2.25. The third-order valence-corrected chi connectivity index (χ3v) is 4.79. The minimum absolute atomic E-state index is 0.642. The topological polar surface area (TPSA) is 29.0 Å². The zero-order valence-corrected chi connectivity index (χ0v) is 11.4. The van der Waals surface area contributed by atoms with Crippen LogP contribution in [0.25, 0.3) is 10.2 Å². The van der Waals surface area contributed by atoms with Crippen LogP contribution in [0.15, 0.2) is 17.8 Å². The molecule has 3 heterocycles. The van der Waals surface area contributed by atoms with Crippen LogP contribution in [0.2, 0.25) is 0 Å². The molecule has 1 fully saturated rings. The Balaban J connectivity index is 1.99. The Kier molecular flexibility index (Phi) is 3.20. The molecule has 1 unspecified atom stereocenters. The second-order valence-corrected chi connectivity index (χ2v) is 6.09. The summed E-state index contributed by atoms with van der Waals surface area (Å²) in [6.45, 7) is 1.13.